The van der Waals surface area contributed by atoms with E-state index in [4.69, 9.17) is 15.0 Å². The number of carboxylic acid groups (broad SMARTS) is 2. The van der Waals surface area contributed by atoms with E-state index in [1.807, 2.05) is 0 Å². The minimum Gasteiger partial charge on any atom is -0.542 e. The van der Waals surface area contributed by atoms with Gasteiger partial charge in [0.15, 0.2) is 18.6 Å². The maximum Gasteiger partial charge on any atom is 0.430 e. The minimum atomic E-state index is -5.19. The molecule has 12 heteroatoms. The number of rotatable bonds is 4. The molecule has 0 aliphatic rings. The molecule has 0 atom stereocenters. The summed E-state index contributed by atoms with van der Waals surface area (Å²) >= 11 is 0. The molecule has 0 saturated heterocycles. The monoisotopic (exact) mass is 379 g/mol. The molecule has 2 heterocycles. The Balaban J connectivity index is 0.000000412. The molecule has 2 aromatic heterocycles. The molecule has 0 bridgehead atoms. The van der Waals surface area contributed by atoms with Gasteiger partial charge in [-0.1, -0.05) is 4.68 Å². The second-order valence-electron chi connectivity index (χ2n) is 4.59. The topological polar surface area (TPSA) is 107 Å². The lowest BCUT2D eigenvalue weighted by Crippen LogP contribution is -2.38. The van der Waals surface area contributed by atoms with Crippen molar-refractivity contribution in [3.05, 3.63) is 42.4 Å². The summed E-state index contributed by atoms with van der Waals surface area (Å²) in [5.74, 6) is -5.45. The number of carboxylic acids is 2. The van der Waals surface area contributed by atoms with Crippen molar-refractivity contribution in [2.45, 2.75) is 19.1 Å². The number of hydrogen-bond donors (Lipinski definition) is 1. The quantitative estimate of drug-likeness (QED) is 0.612. The molecule has 140 valence electrons. The summed E-state index contributed by atoms with van der Waals surface area (Å²) in [5.41, 5.74) is 0.392. The van der Waals surface area contributed by atoms with Crippen LogP contribution in [-0.2, 0) is 16.1 Å². The van der Waals surface area contributed by atoms with Gasteiger partial charge in [0.25, 0.3) is 0 Å². The smallest absolute Gasteiger partial charge is 0.430 e. The zero-order valence-electron chi connectivity index (χ0n) is 12.7. The van der Waals surface area contributed by atoms with E-state index in [0.717, 1.165) is 12.3 Å². The first-order valence-electron chi connectivity index (χ1n) is 6.68. The summed E-state index contributed by atoms with van der Waals surface area (Å²) in [7, 11) is 0. The molecule has 1 N–H and O–H groups in total. The van der Waals surface area contributed by atoms with E-state index in [0.29, 0.717) is 5.56 Å². The zero-order valence-corrected chi connectivity index (χ0v) is 12.7. The summed E-state index contributed by atoms with van der Waals surface area (Å²) in [5, 5.41) is 21.3. The van der Waals surface area contributed by atoms with Gasteiger partial charge in [0.1, 0.15) is 30.1 Å². The third-order valence-electron chi connectivity index (χ3n) is 2.64. The lowest BCUT2D eigenvalue weighted by molar-refractivity contribution is -0.752. The van der Waals surface area contributed by atoms with Crippen LogP contribution in [0.5, 0.6) is 0 Å². The number of carbonyl (C=O) groups excluding carboxylic acids is 1. The van der Waals surface area contributed by atoms with Gasteiger partial charge in [-0.2, -0.15) is 13.2 Å². The number of aliphatic carboxylic acids is 2. The summed E-state index contributed by atoms with van der Waals surface area (Å²) in [6.45, 7) is 0.217. The Bertz CT molecular complexity index is 781. The molecule has 0 amide bonds. The molecule has 0 radical (unpaired) electrons. The molecule has 0 unspecified atom stereocenters. The number of halogens is 5. The maximum atomic E-state index is 13.5. The molecule has 0 aromatic carbocycles. The van der Waals surface area contributed by atoms with Crippen molar-refractivity contribution in [1.29, 1.82) is 0 Å². The molecule has 26 heavy (non-hydrogen) atoms. The average molecular weight is 379 g/mol. The molecule has 0 fully saturated rings. The number of carbonyl (C=O) groups is 2. The lowest BCUT2D eigenvalue weighted by atomic mass is 10.2. The molecular formula is C14H10F5N3O4. The predicted molar refractivity (Wildman–Crippen MR) is 70.9 cm³/mol. The van der Waals surface area contributed by atoms with Crippen LogP contribution in [0.1, 0.15) is 6.42 Å². The normalized spacial score (nSPS) is 10.7. The van der Waals surface area contributed by atoms with E-state index in [1.54, 1.807) is 0 Å². The Morgan fingerprint density at radius 2 is 1.85 bits per heavy atom. The van der Waals surface area contributed by atoms with Crippen LogP contribution in [0.2, 0.25) is 0 Å². The summed E-state index contributed by atoms with van der Waals surface area (Å²) in [6, 6.07) is 2.28. The van der Waals surface area contributed by atoms with Gasteiger partial charge in [0.05, 0.1) is 6.20 Å². The van der Waals surface area contributed by atoms with Crippen LogP contribution in [-0.4, -0.2) is 33.3 Å². The fourth-order valence-corrected chi connectivity index (χ4v) is 1.49. The van der Waals surface area contributed by atoms with Crippen molar-refractivity contribution in [3.8, 4) is 11.3 Å². The van der Waals surface area contributed by atoms with Crippen LogP contribution in [0.4, 0.5) is 22.0 Å². The van der Waals surface area contributed by atoms with Gasteiger partial charge < -0.3 is 15.0 Å². The van der Waals surface area contributed by atoms with Crippen molar-refractivity contribution in [2.24, 2.45) is 0 Å². The summed E-state index contributed by atoms with van der Waals surface area (Å²) < 4.78 is 59.2. The van der Waals surface area contributed by atoms with Gasteiger partial charge in [-0.05, 0) is 5.10 Å². The number of aromatic nitrogens is 3. The Hall–Kier alpha value is -3.18. The lowest BCUT2D eigenvalue weighted by Gasteiger charge is -2.03. The summed E-state index contributed by atoms with van der Waals surface area (Å²) in [4.78, 5) is 22.8. The number of aryl methyl sites for hydroxylation is 1. The molecule has 0 spiro atoms. The third kappa shape index (κ3) is 6.75. The Morgan fingerprint density at radius 3 is 2.27 bits per heavy atom. The number of alkyl halides is 3. The molecular weight excluding hydrogens is 369 g/mol. The fourth-order valence-electron chi connectivity index (χ4n) is 1.49. The van der Waals surface area contributed by atoms with Gasteiger partial charge in [-0.25, -0.2) is 8.78 Å². The molecule has 0 aliphatic carbocycles. The van der Waals surface area contributed by atoms with Gasteiger partial charge in [-0.3, -0.25) is 9.78 Å². The first-order chi connectivity index (χ1) is 12.0. The molecule has 0 saturated carbocycles. The van der Waals surface area contributed by atoms with Crippen molar-refractivity contribution in [2.75, 3.05) is 0 Å². The zero-order chi connectivity index (χ0) is 19.9. The Kier molecular flexibility index (Phi) is 7.05. The predicted octanol–water partition coefficient (Wildman–Crippen LogP) is 0.483. The van der Waals surface area contributed by atoms with Crippen LogP contribution >= 0.6 is 0 Å². The minimum absolute atomic E-state index is 0.000662. The number of nitrogens with zero attached hydrogens (tertiary/aromatic N) is 3. The van der Waals surface area contributed by atoms with E-state index in [9.17, 15) is 26.7 Å². The van der Waals surface area contributed by atoms with Crippen LogP contribution in [0.15, 0.2) is 30.7 Å². The molecule has 2 aromatic rings. The molecule has 2 rings (SSSR count). The van der Waals surface area contributed by atoms with Crippen molar-refractivity contribution < 1.29 is 46.4 Å². The van der Waals surface area contributed by atoms with Gasteiger partial charge in [0.2, 0.25) is 0 Å². The highest BCUT2D eigenvalue weighted by molar-refractivity contribution is 5.70. The Morgan fingerprint density at radius 1 is 1.23 bits per heavy atom. The Labute approximate surface area is 142 Å². The van der Waals surface area contributed by atoms with Gasteiger partial charge >= 0.3 is 12.1 Å². The van der Waals surface area contributed by atoms with Crippen molar-refractivity contribution >= 4 is 11.9 Å². The van der Waals surface area contributed by atoms with Gasteiger partial charge in [-0.15, -0.1) is 0 Å². The third-order valence-corrected chi connectivity index (χ3v) is 2.64. The highest BCUT2D eigenvalue weighted by atomic mass is 19.4. The SMILES string of the molecule is O=C(O)CC[n+]1ccc(-c2ncc(F)cc2F)cn1.O=C([O-])C(F)(F)F. The maximum absolute atomic E-state index is 13.5. The first kappa shape index (κ1) is 20.9. The fraction of sp³-hybridized carbons (Fsp3) is 0.214. The van der Waals surface area contributed by atoms with Gasteiger partial charge in [0, 0.05) is 17.7 Å². The van der Waals surface area contributed by atoms with Crippen LogP contribution in [0.3, 0.4) is 0 Å². The standard InChI is InChI=1S/C12H9F2N3O2.C2HF3O2/c13-9-5-10(14)12(15-7-9)8-1-3-17(16-6-8)4-2-11(18)19;3-2(4,5)1(6)7/h1,3,5-7H,2,4H2;(H,6,7). The average Bonchev–Trinajstić information content (AvgIpc) is 2.53. The van der Waals surface area contributed by atoms with Crippen molar-refractivity contribution in [3.63, 3.8) is 0 Å². The van der Waals surface area contributed by atoms with E-state index < -0.39 is 29.7 Å². The van der Waals surface area contributed by atoms with E-state index in [2.05, 4.69) is 10.1 Å². The summed E-state index contributed by atoms with van der Waals surface area (Å²) in [6.07, 6.45) is -1.46. The van der Waals surface area contributed by atoms with Crippen LogP contribution < -0.4 is 9.79 Å². The number of pyridine rings is 1. The van der Waals surface area contributed by atoms with E-state index in [1.165, 1.54) is 23.1 Å². The van der Waals surface area contributed by atoms with E-state index >= 15 is 0 Å². The second kappa shape index (κ2) is 8.78. The van der Waals surface area contributed by atoms with Crippen LogP contribution in [0.25, 0.3) is 11.3 Å². The van der Waals surface area contributed by atoms with Crippen molar-refractivity contribution in [1.82, 2.24) is 10.1 Å². The first-order valence-corrected chi connectivity index (χ1v) is 6.68. The number of hydrogen-bond acceptors (Lipinski definition) is 5. The largest absolute Gasteiger partial charge is 0.542 e. The molecule has 0 aliphatic heterocycles. The molecule has 7 nitrogen and oxygen atoms in total. The highest BCUT2D eigenvalue weighted by Gasteiger charge is 2.28. The highest BCUT2D eigenvalue weighted by Crippen LogP contribution is 2.18. The second-order valence-corrected chi connectivity index (χ2v) is 4.59. The van der Waals surface area contributed by atoms with E-state index in [-0.39, 0.29) is 18.7 Å². The van der Waals surface area contributed by atoms with Crippen LogP contribution in [0, 0.1) is 11.6 Å².